The molecule has 0 spiro atoms. The molecule has 0 bridgehead atoms. The van der Waals surface area contributed by atoms with Gasteiger partial charge in [0.05, 0.1) is 24.2 Å². The lowest BCUT2D eigenvalue weighted by Crippen LogP contribution is -2.37. The van der Waals surface area contributed by atoms with Crippen molar-refractivity contribution in [1.29, 1.82) is 0 Å². The van der Waals surface area contributed by atoms with Gasteiger partial charge in [-0.2, -0.15) is 19.3 Å². The van der Waals surface area contributed by atoms with Crippen LogP contribution < -0.4 is 4.90 Å². The van der Waals surface area contributed by atoms with Crippen molar-refractivity contribution in [3.63, 3.8) is 0 Å². The van der Waals surface area contributed by atoms with E-state index in [0.717, 1.165) is 16.9 Å². The quantitative estimate of drug-likeness (QED) is 0.497. The Balaban J connectivity index is 1.70. The number of hydrogen-bond acceptors (Lipinski definition) is 7. The maximum Gasteiger partial charge on any atom is 0.241 e. The van der Waals surface area contributed by atoms with Crippen LogP contribution in [-0.2, 0) is 4.74 Å². The molecule has 0 amide bonds. The highest BCUT2D eigenvalue weighted by atomic mass is 19.1. The number of aromatic nitrogens is 6. The lowest BCUT2D eigenvalue weighted by Gasteiger charge is -2.27. The Labute approximate surface area is 166 Å². The summed E-state index contributed by atoms with van der Waals surface area (Å²) in [6.07, 6.45) is 1.43. The second-order valence-corrected chi connectivity index (χ2v) is 6.71. The molecule has 3 aromatic heterocycles. The summed E-state index contributed by atoms with van der Waals surface area (Å²) in [5.41, 5.74) is 2.39. The molecule has 29 heavy (non-hydrogen) atoms. The summed E-state index contributed by atoms with van der Waals surface area (Å²) in [4.78, 5) is 24.4. The van der Waals surface area contributed by atoms with Gasteiger partial charge in [-0.25, -0.2) is 9.97 Å². The van der Waals surface area contributed by atoms with E-state index in [1.54, 1.807) is 6.07 Å². The Morgan fingerprint density at radius 1 is 0.931 bits per heavy atom. The number of para-hydroxylation sites is 2. The average molecular weight is 391 g/mol. The number of anilines is 1. The van der Waals surface area contributed by atoms with Crippen molar-refractivity contribution in [2.45, 2.75) is 6.92 Å². The fraction of sp³-hybridized carbons (Fsp3) is 0.250. The molecule has 8 nitrogen and oxygen atoms in total. The summed E-state index contributed by atoms with van der Waals surface area (Å²) in [6, 6.07) is 10.7. The van der Waals surface area contributed by atoms with Crippen molar-refractivity contribution in [1.82, 2.24) is 29.5 Å². The molecule has 0 aliphatic carbocycles. The molecule has 9 heteroatoms. The number of nitrogens with zero attached hydrogens (tertiary/aromatic N) is 7. The Hall–Kier alpha value is -3.46. The number of imidazole rings is 1. The highest BCUT2D eigenvalue weighted by Gasteiger charge is 2.20. The molecule has 1 aromatic carbocycles. The second kappa shape index (κ2) is 7.17. The van der Waals surface area contributed by atoms with Crippen molar-refractivity contribution in [3.05, 3.63) is 54.4 Å². The van der Waals surface area contributed by atoms with Gasteiger partial charge in [0, 0.05) is 24.8 Å². The molecule has 1 aliphatic heterocycles. The number of morpholine rings is 1. The number of pyridine rings is 1. The molecule has 4 heterocycles. The van der Waals surface area contributed by atoms with Crippen molar-refractivity contribution in [2.75, 3.05) is 31.2 Å². The number of benzene rings is 1. The zero-order valence-electron chi connectivity index (χ0n) is 15.8. The van der Waals surface area contributed by atoms with Gasteiger partial charge < -0.3 is 9.64 Å². The van der Waals surface area contributed by atoms with E-state index in [4.69, 9.17) is 9.72 Å². The van der Waals surface area contributed by atoms with E-state index in [2.05, 4.69) is 24.8 Å². The van der Waals surface area contributed by atoms with Gasteiger partial charge in [0.2, 0.25) is 17.8 Å². The minimum atomic E-state index is -0.548. The molecule has 0 saturated carbocycles. The second-order valence-electron chi connectivity index (χ2n) is 6.71. The first kappa shape index (κ1) is 17.6. The van der Waals surface area contributed by atoms with E-state index >= 15 is 0 Å². The maximum atomic E-state index is 13.3. The summed E-state index contributed by atoms with van der Waals surface area (Å²) in [6.45, 7) is 4.52. The van der Waals surface area contributed by atoms with Crippen molar-refractivity contribution in [2.24, 2.45) is 0 Å². The summed E-state index contributed by atoms with van der Waals surface area (Å²) in [5, 5.41) is 0. The van der Waals surface area contributed by atoms with Gasteiger partial charge in [-0.1, -0.05) is 12.1 Å². The van der Waals surface area contributed by atoms with E-state index in [-0.39, 0.29) is 0 Å². The van der Waals surface area contributed by atoms with Crippen LogP contribution >= 0.6 is 0 Å². The lowest BCUT2D eigenvalue weighted by atomic mass is 10.2. The zero-order valence-corrected chi connectivity index (χ0v) is 15.8. The number of ether oxygens (including phenoxy) is 1. The normalized spacial score (nSPS) is 14.5. The van der Waals surface area contributed by atoms with E-state index in [1.807, 2.05) is 35.8 Å². The summed E-state index contributed by atoms with van der Waals surface area (Å²) < 4.78 is 20.7. The molecule has 1 saturated heterocycles. The maximum absolute atomic E-state index is 13.3. The van der Waals surface area contributed by atoms with Crippen LogP contribution in [0.2, 0.25) is 0 Å². The highest BCUT2D eigenvalue weighted by molar-refractivity contribution is 5.77. The third-order valence-corrected chi connectivity index (χ3v) is 4.82. The van der Waals surface area contributed by atoms with Crippen LogP contribution in [0, 0.1) is 12.9 Å². The molecule has 0 N–H and O–H groups in total. The number of fused-ring (bicyclic) bond motifs is 1. The van der Waals surface area contributed by atoms with Crippen LogP contribution in [-0.4, -0.2) is 55.8 Å². The first-order valence-electron chi connectivity index (χ1n) is 9.34. The standard InChI is InChI=1S/C20H18FN7O/c1-13-23-15-4-2-3-5-16(15)28(13)20-25-18(14-6-7-17(21)22-12-14)24-19(26-20)27-8-10-29-11-9-27/h2-7,12H,8-11H2,1H3. The third kappa shape index (κ3) is 3.29. The van der Waals surface area contributed by atoms with Crippen LogP contribution in [0.15, 0.2) is 42.6 Å². The molecular weight excluding hydrogens is 373 g/mol. The molecular formula is C20H18FN7O. The fourth-order valence-electron chi connectivity index (χ4n) is 3.39. The molecule has 0 unspecified atom stereocenters. The van der Waals surface area contributed by atoms with Crippen molar-refractivity contribution >= 4 is 17.0 Å². The van der Waals surface area contributed by atoms with Gasteiger partial charge >= 0.3 is 0 Å². The van der Waals surface area contributed by atoms with Gasteiger partial charge in [0.25, 0.3) is 0 Å². The lowest BCUT2D eigenvalue weighted by molar-refractivity contribution is 0.122. The smallest absolute Gasteiger partial charge is 0.241 e. The Bertz CT molecular complexity index is 1170. The summed E-state index contributed by atoms with van der Waals surface area (Å²) in [5.74, 6) is 1.67. The highest BCUT2D eigenvalue weighted by Crippen LogP contribution is 2.23. The van der Waals surface area contributed by atoms with Gasteiger partial charge in [-0.15, -0.1) is 0 Å². The molecule has 1 fully saturated rings. The minimum absolute atomic E-state index is 0.432. The Morgan fingerprint density at radius 3 is 2.52 bits per heavy atom. The predicted molar refractivity (Wildman–Crippen MR) is 105 cm³/mol. The first-order chi connectivity index (χ1) is 14.2. The topological polar surface area (TPSA) is 81.9 Å². The Kier molecular flexibility index (Phi) is 4.36. The zero-order chi connectivity index (χ0) is 19.8. The van der Waals surface area contributed by atoms with Crippen LogP contribution in [0.1, 0.15) is 5.82 Å². The van der Waals surface area contributed by atoms with Gasteiger partial charge in [0.1, 0.15) is 5.82 Å². The van der Waals surface area contributed by atoms with E-state index < -0.39 is 5.95 Å². The Morgan fingerprint density at radius 2 is 1.72 bits per heavy atom. The first-order valence-corrected chi connectivity index (χ1v) is 9.34. The molecule has 146 valence electrons. The number of halogens is 1. The van der Waals surface area contributed by atoms with E-state index in [1.165, 1.54) is 12.3 Å². The molecule has 4 aromatic rings. The summed E-state index contributed by atoms with van der Waals surface area (Å²) >= 11 is 0. The van der Waals surface area contributed by atoms with Gasteiger partial charge in [0.15, 0.2) is 5.82 Å². The molecule has 5 rings (SSSR count). The predicted octanol–water partition coefficient (Wildman–Crippen LogP) is 2.56. The van der Waals surface area contributed by atoms with Crippen molar-refractivity contribution < 1.29 is 9.13 Å². The number of aryl methyl sites for hydroxylation is 1. The average Bonchev–Trinajstić information content (AvgIpc) is 3.10. The minimum Gasteiger partial charge on any atom is -0.378 e. The van der Waals surface area contributed by atoms with Crippen LogP contribution in [0.5, 0.6) is 0 Å². The monoisotopic (exact) mass is 391 g/mol. The molecule has 0 radical (unpaired) electrons. The van der Waals surface area contributed by atoms with Gasteiger partial charge in [-0.3, -0.25) is 4.57 Å². The largest absolute Gasteiger partial charge is 0.378 e. The van der Waals surface area contributed by atoms with Crippen LogP contribution in [0.4, 0.5) is 10.3 Å². The van der Waals surface area contributed by atoms with Crippen LogP contribution in [0.3, 0.4) is 0 Å². The van der Waals surface area contributed by atoms with Gasteiger partial charge in [-0.05, 0) is 31.2 Å². The fourth-order valence-corrected chi connectivity index (χ4v) is 3.39. The van der Waals surface area contributed by atoms with Crippen molar-refractivity contribution in [3.8, 4) is 17.3 Å². The summed E-state index contributed by atoms with van der Waals surface area (Å²) in [7, 11) is 0. The molecule has 1 aliphatic rings. The van der Waals surface area contributed by atoms with Crippen LogP contribution in [0.25, 0.3) is 28.4 Å². The third-order valence-electron chi connectivity index (χ3n) is 4.82. The number of rotatable bonds is 3. The van der Waals surface area contributed by atoms with E-state index in [0.29, 0.717) is 49.6 Å². The number of hydrogen-bond donors (Lipinski definition) is 0. The SMILES string of the molecule is Cc1nc2ccccc2n1-c1nc(-c2ccc(F)nc2)nc(N2CCOCC2)n1. The molecule has 0 atom stereocenters. The van der Waals surface area contributed by atoms with E-state index in [9.17, 15) is 4.39 Å².